The quantitative estimate of drug-likeness (QED) is 0.579. The molecule has 0 aliphatic carbocycles. The number of carbonyl (C=O) groups excluding carboxylic acids is 1. The molecular weight excluding hydrogens is 204 g/mol. The first kappa shape index (κ1) is 15.4. The summed E-state index contributed by atoms with van der Waals surface area (Å²) in [5.41, 5.74) is 5.24. The van der Waals surface area contributed by atoms with Crippen LogP contribution in [0.1, 0.15) is 40.0 Å². The first-order valence-electron chi connectivity index (χ1n) is 6.13. The van der Waals surface area contributed by atoms with E-state index >= 15 is 0 Å². The van der Waals surface area contributed by atoms with E-state index in [1.807, 2.05) is 20.8 Å². The van der Waals surface area contributed by atoms with Gasteiger partial charge in [0.25, 0.3) is 0 Å². The van der Waals surface area contributed by atoms with Gasteiger partial charge in [0.15, 0.2) is 0 Å². The van der Waals surface area contributed by atoms with Gasteiger partial charge in [0.05, 0.1) is 6.61 Å². The summed E-state index contributed by atoms with van der Waals surface area (Å²) < 4.78 is 0. The van der Waals surface area contributed by atoms with Gasteiger partial charge in [-0.3, -0.25) is 4.79 Å². The lowest BCUT2D eigenvalue weighted by Gasteiger charge is -2.30. The van der Waals surface area contributed by atoms with Crippen LogP contribution in [0.25, 0.3) is 0 Å². The van der Waals surface area contributed by atoms with Crippen LogP contribution in [0.3, 0.4) is 0 Å². The number of nitrogens with two attached hydrogens (primary N) is 1. The minimum Gasteiger partial charge on any atom is -0.396 e. The molecule has 0 radical (unpaired) electrons. The molecule has 0 spiro atoms. The van der Waals surface area contributed by atoms with E-state index in [-0.39, 0.29) is 23.8 Å². The second-order valence-electron chi connectivity index (χ2n) is 4.56. The van der Waals surface area contributed by atoms with Gasteiger partial charge in [0.2, 0.25) is 5.91 Å². The Kier molecular flexibility index (Phi) is 7.34. The first-order valence-corrected chi connectivity index (χ1v) is 6.13. The summed E-state index contributed by atoms with van der Waals surface area (Å²) in [6, 6.07) is 0. The Labute approximate surface area is 98.6 Å². The van der Waals surface area contributed by atoms with Gasteiger partial charge < -0.3 is 16.2 Å². The molecule has 0 aromatic carbocycles. The van der Waals surface area contributed by atoms with E-state index < -0.39 is 0 Å². The molecule has 0 fully saturated rings. The summed E-state index contributed by atoms with van der Waals surface area (Å²) in [5.74, 6) is -0.0136. The minimum absolute atomic E-state index is 0.0326. The number of hydrogen-bond acceptors (Lipinski definition) is 3. The average Bonchev–Trinajstić information content (AvgIpc) is 2.31. The van der Waals surface area contributed by atoms with E-state index in [0.29, 0.717) is 19.5 Å². The summed E-state index contributed by atoms with van der Waals surface area (Å²) in [7, 11) is 0. The SMILES string of the molecule is CCC(CC)(CO)CNC(=O)C(C)CCN. The maximum absolute atomic E-state index is 11.7. The zero-order valence-electron chi connectivity index (χ0n) is 10.8. The third kappa shape index (κ3) is 4.49. The van der Waals surface area contributed by atoms with Gasteiger partial charge in [-0.25, -0.2) is 0 Å². The third-order valence-corrected chi connectivity index (χ3v) is 3.52. The predicted octanol–water partition coefficient (Wildman–Crippen LogP) is 0.886. The van der Waals surface area contributed by atoms with Crippen molar-refractivity contribution in [2.45, 2.75) is 40.0 Å². The van der Waals surface area contributed by atoms with E-state index in [0.717, 1.165) is 12.8 Å². The lowest BCUT2D eigenvalue weighted by atomic mass is 9.83. The second-order valence-corrected chi connectivity index (χ2v) is 4.56. The van der Waals surface area contributed by atoms with Crippen molar-refractivity contribution < 1.29 is 9.90 Å². The highest BCUT2D eigenvalue weighted by atomic mass is 16.3. The Balaban J connectivity index is 4.15. The Morgan fingerprint density at radius 1 is 1.44 bits per heavy atom. The molecule has 1 atom stereocenters. The highest BCUT2D eigenvalue weighted by Crippen LogP contribution is 2.24. The highest BCUT2D eigenvalue weighted by Gasteiger charge is 2.26. The van der Waals surface area contributed by atoms with E-state index in [2.05, 4.69) is 5.32 Å². The van der Waals surface area contributed by atoms with Crippen LogP contribution in [0.5, 0.6) is 0 Å². The smallest absolute Gasteiger partial charge is 0.222 e. The zero-order chi connectivity index (χ0) is 12.6. The lowest BCUT2D eigenvalue weighted by Crippen LogP contribution is -2.41. The molecule has 4 N–H and O–H groups in total. The Hall–Kier alpha value is -0.610. The molecule has 0 bridgehead atoms. The number of aliphatic hydroxyl groups is 1. The molecule has 4 heteroatoms. The molecule has 96 valence electrons. The van der Waals surface area contributed by atoms with Crippen LogP contribution in [-0.2, 0) is 4.79 Å². The van der Waals surface area contributed by atoms with Gasteiger partial charge in [-0.2, -0.15) is 0 Å². The standard InChI is InChI=1S/C12H26N2O2/c1-4-12(5-2,9-15)8-14-11(16)10(3)6-7-13/h10,15H,4-9,13H2,1-3H3,(H,14,16). The molecule has 0 saturated heterocycles. The fourth-order valence-corrected chi connectivity index (χ4v) is 1.61. The Bertz CT molecular complexity index is 195. The summed E-state index contributed by atoms with van der Waals surface area (Å²) >= 11 is 0. The Morgan fingerprint density at radius 2 is 2.00 bits per heavy atom. The van der Waals surface area contributed by atoms with Crippen molar-refractivity contribution in [1.29, 1.82) is 0 Å². The van der Waals surface area contributed by atoms with Crippen molar-refractivity contribution in [2.75, 3.05) is 19.7 Å². The maximum Gasteiger partial charge on any atom is 0.222 e. The number of carbonyl (C=O) groups is 1. The fourth-order valence-electron chi connectivity index (χ4n) is 1.61. The van der Waals surface area contributed by atoms with Crippen LogP contribution < -0.4 is 11.1 Å². The Morgan fingerprint density at radius 3 is 2.38 bits per heavy atom. The molecule has 1 unspecified atom stereocenters. The number of amides is 1. The first-order chi connectivity index (χ1) is 7.55. The van der Waals surface area contributed by atoms with Crippen molar-refractivity contribution in [2.24, 2.45) is 17.1 Å². The van der Waals surface area contributed by atoms with E-state index in [1.165, 1.54) is 0 Å². The van der Waals surface area contributed by atoms with Crippen LogP contribution in [-0.4, -0.2) is 30.7 Å². The van der Waals surface area contributed by atoms with Crippen molar-refractivity contribution >= 4 is 5.91 Å². The topological polar surface area (TPSA) is 75.3 Å². The maximum atomic E-state index is 11.7. The normalized spacial score (nSPS) is 13.6. The van der Waals surface area contributed by atoms with Gasteiger partial charge in [0, 0.05) is 17.9 Å². The molecule has 0 heterocycles. The lowest BCUT2D eigenvalue weighted by molar-refractivity contribution is -0.125. The van der Waals surface area contributed by atoms with E-state index in [4.69, 9.17) is 5.73 Å². The number of hydrogen-bond donors (Lipinski definition) is 3. The number of rotatable bonds is 8. The van der Waals surface area contributed by atoms with E-state index in [9.17, 15) is 9.90 Å². The van der Waals surface area contributed by atoms with Gasteiger partial charge in [0.1, 0.15) is 0 Å². The minimum atomic E-state index is -0.169. The summed E-state index contributed by atoms with van der Waals surface area (Å²) in [4.78, 5) is 11.7. The number of aliphatic hydroxyl groups excluding tert-OH is 1. The molecule has 0 aromatic rings. The average molecular weight is 230 g/mol. The van der Waals surface area contributed by atoms with Crippen molar-refractivity contribution in [3.63, 3.8) is 0 Å². The molecule has 0 saturated carbocycles. The summed E-state index contributed by atoms with van der Waals surface area (Å²) in [6.07, 6.45) is 2.44. The molecule has 1 amide bonds. The van der Waals surface area contributed by atoms with Gasteiger partial charge in [-0.15, -0.1) is 0 Å². The molecule has 0 aliphatic heterocycles. The van der Waals surface area contributed by atoms with Crippen molar-refractivity contribution in [1.82, 2.24) is 5.32 Å². The van der Waals surface area contributed by atoms with Crippen molar-refractivity contribution in [3.05, 3.63) is 0 Å². The largest absolute Gasteiger partial charge is 0.396 e. The fraction of sp³-hybridized carbons (Fsp3) is 0.917. The van der Waals surface area contributed by atoms with Crippen LogP contribution in [0.2, 0.25) is 0 Å². The molecule has 0 aromatic heterocycles. The van der Waals surface area contributed by atoms with Crippen LogP contribution in [0.4, 0.5) is 0 Å². The molecule has 4 nitrogen and oxygen atoms in total. The zero-order valence-corrected chi connectivity index (χ0v) is 10.8. The summed E-state index contributed by atoms with van der Waals surface area (Å²) in [6.45, 7) is 7.14. The molecule has 16 heavy (non-hydrogen) atoms. The van der Waals surface area contributed by atoms with Gasteiger partial charge >= 0.3 is 0 Å². The monoisotopic (exact) mass is 230 g/mol. The van der Waals surface area contributed by atoms with E-state index in [1.54, 1.807) is 0 Å². The van der Waals surface area contributed by atoms with Crippen LogP contribution in [0.15, 0.2) is 0 Å². The molecular formula is C12H26N2O2. The van der Waals surface area contributed by atoms with Gasteiger partial charge in [-0.05, 0) is 25.8 Å². The second kappa shape index (κ2) is 7.63. The van der Waals surface area contributed by atoms with Gasteiger partial charge in [-0.1, -0.05) is 20.8 Å². The predicted molar refractivity (Wildman–Crippen MR) is 65.9 cm³/mol. The highest BCUT2D eigenvalue weighted by molar-refractivity contribution is 5.78. The van der Waals surface area contributed by atoms with Crippen LogP contribution in [0, 0.1) is 11.3 Å². The molecule has 0 aliphatic rings. The number of nitrogens with one attached hydrogen (secondary N) is 1. The molecule has 0 rings (SSSR count). The summed E-state index contributed by atoms with van der Waals surface area (Å²) in [5, 5.41) is 12.3. The van der Waals surface area contributed by atoms with Crippen molar-refractivity contribution in [3.8, 4) is 0 Å². The third-order valence-electron chi connectivity index (χ3n) is 3.52. The van der Waals surface area contributed by atoms with Crippen LogP contribution >= 0.6 is 0 Å².